The van der Waals surface area contributed by atoms with E-state index in [1.165, 1.54) is 12.1 Å². The highest BCUT2D eigenvalue weighted by Crippen LogP contribution is 2.36. The average molecular weight is 444 g/mol. The van der Waals surface area contributed by atoms with Gasteiger partial charge < -0.3 is 19.8 Å². The first-order valence-electron chi connectivity index (χ1n) is 7.91. The number of nitrogens with one attached hydrogen (secondary N) is 2. The standard InChI is InChI=1S/C16H11F3N4O6S/c1-28-13(25)15(16(17,18)19,21-12(24)10-3-2-6-29-10)22-14-20-9-5-4-8(23(26)27)7-11(9)30-14/h2-7H,1H3,(H,20,22)(H,21,24). The van der Waals surface area contributed by atoms with E-state index in [-0.39, 0.29) is 15.9 Å². The Bertz CT molecular complexity index is 1110. The average Bonchev–Trinajstić information content (AvgIpc) is 3.34. The van der Waals surface area contributed by atoms with Crippen LogP contribution in [0.4, 0.5) is 24.0 Å². The van der Waals surface area contributed by atoms with Crippen molar-refractivity contribution in [1.29, 1.82) is 0 Å². The SMILES string of the molecule is COC(=O)C(NC(=O)c1ccco1)(Nc1nc2ccc([N+](=O)[O-])cc2s1)C(F)(F)F. The Morgan fingerprint density at radius 3 is 2.60 bits per heavy atom. The van der Waals surface area contributed by atoms with E-state index in [0.29, 0.717) is 18.4 Å². The number of rotatable bonds is 6. The summed E-state index contributed by atoms with van der Waals surface area (Å²) in [5, 5.41) is 13.9. The molecule has 1 atom stereocenters. The number of benzene rings is 1. The largest absolute Gasteiger partial charge is 0.466 e. The Morgan fingerprint density at radius 2 is 2.03 bits per heavy atom. The fourth-order valence-electron chi connectivity index (χ4n) is 2.42. The van der Waals surface area contributed by atoms with Crippen molar-refractivity contribution in [2.24, 2.45) is 0 Å². The number of non-ortho nitro benzene ring substituents is 1. The summed E-state index contributed by atoms with van der Waals surface area (Å²) in [6.45, 7) is 0. The number of thiazole rings is 1. The van der Waals surface area contributed by atoms with Gasteiger partial charge in [0.05, 0.1) is 28.5 Å². The maximum atomic E-state index is 14.0. The minimum absolute atomic E-state index is 0.145. The van der Waals surface area contributed by atoms with Crippen LogP contribution in [0.15, 0.2) is 41.0 Å². The van der Waals surface area contributed by atoms with Crippen LogP contribution in [0.5, 0.6) is 0 Å². The second-order valence-corrected chi connectivity index (χ2v) is 6.75. The molecule has 30 heavy (non-hydrogen) atoms. The Balaban J connectivity index is 2.05. The molecule has 0 saturated heterocycles. The van der Waals surface area contributed by atoms with E-state index in [2.05, 4.69) is 9.72 Å². The maximum absolute atomic E-state index is 14.0. The predicted octanol–water partition coefficient (Wildman–Crippen LogP) is 3.07. The molecular formula is C16H11F3N4O6S. The number of amides is 1. The Labute approximate surface area is 168 Å². The molecule has 1 amide bonds. The van der Waals surface area contributed by atoms with E-state index in [9.17, 15) is 32.9 Å². The number of alkyl halides is 3. The number of nitro benzene ring substituents is 1. The lowest BCUT2D eigenvalue weighted by Gasteiger charge is -2.33. The van der Waals surface area contributed by atoms with Gasteiger partial charge in [-0.15, -0.1) is 0 Å². The number of carbonyl (C=O) groups is 2. The Morgan fingerprint density at radius 1 is 1.30 bits per heavy atom. The van der Waals surface area contributed by atoms with Crippen molar-refractivity contribution in [3.8, 4) is 0 Å². The van der Waals surface area contributed by atoms with Crippen LogP contribution in [0.1, 0.15) is 10.6 Å². The number of ether oxygens (including phenoxy) is 1. The number of aromatic nitrogens is 1. The summed E-state index contributed by atoms with van der Waals surface area (Å²) < 4.78 is 51.2. The van der Waals surface area contributed by atoms with Crippen molar-refractivity contribution in [2.45, 2.75) is 11.8 Å². The molecule has 158 valence electrons. The smallest absolute Gasteiger partial charge is 0.442 e. The summed E-state index contributed by atoms with van der Waals surface area (Å²) in [6.07, 6.45) is -4.30. The maximum Gasteiger partial charge on any atom is 0.442 e. The van der Waals surface area contributed by atoms with Crippen LogP contribution in [0.2, 0.25) is 0 Å². The van der Waals surface area contributed by atoms with Gasteiger partial charge in [-0.1, -0.05) is 11.3 Å². The molecule has 0 radical (unpaired) electrons. The number of carbonyl (C=O) groups excluding carboxylic acids is 2. The van der Waals surface area contributed by atoms with Crippen molar-refractivity contribution in [2.75, 3.05) is 12.4 Å². The van der Waals surface area contributed by atoms with Crippen LogP contribution in [-0.2, 0) is 9.53 Å². The summed E-state index contributed by atoms with van der Waals surface area (Å²) in [4.78, 5) is 38.5. The summed E-state index contributed by atoms with van der Waals surface area (Å²) in [7, 11) is 0.714. The summed E-state index contributed by atoms with van der Waals surface area (Å²) in [5.41, 5.74) is -3.85. The number of nitrogens with zero attached hydrogens (tertiary/aromatic N) is 2. The number of fused-ring (bicyclic) bond motifs is 1. The number of halogens is 3. The van der Waals surface area contributed by atoms with Gasteiger partial charge in [0.1, 0.15) is 0 Å². The molecule has 1 unspecified atom stereocenters. The molecule has 0 bridgehead atoms. The molecule has 0 saturated carbocycles. The lowest BCUT2D eigenvalue weighted by atomic mass is 10.1. The van der Waals surface area contributed by atoms with Gasteiger partial charge in [-0.05, 0) is 18.2 Å². The van der Waals surface area contributed by atoms with Crippen molar-refractivity contribution < 1.29 is 36.8 Å². The topological polar surface area (TPSA) is 137 Å². The fourth-order valence-corrected chi connectivity index (χ4v) is 3.38. The minimum atomic E-state index is -5.37. The van der Waals surface area contributed by atoms with Gasteiger partial charge in [0.25, 0.3) is 11.6 Å². The third-order valence-corrected chi connectivity index (χ3v) is 4.77. The molecule has 14 heteroatoms. The normalized spacial score (nSPS) is 13.5. The lowest BCUT2D eigenvalue weighted by molar-refractivity contribution is -0.384. The van der Waals surface area contributed by atoms with Crippen LogP contribution in [0.3, 0.4) is 0 Å². The van der Waals surface area contributed by atoms with E-state index in [1.807, 2.05) is 5.32 Å². The second-order valence-electron chi connectivity index (χ2n) is 5.72. The molecule has 0 aliphatic carbocycles. The highest BCUT2D eigenvalue weighted by molar-refractivity contribution is 7.22. The van der Waals surface area contributed by atoms with E-state index in [0.717, 1.165) is 24.5 Å². The quantitative estimate of drug-likeness (QED) is 0.256. The molecule has 3 rings (SSSR count). The second kappa shape index (κ2) is 7.62. The van der Waals surface area contributed by atoms with Crippen molar-refractivity contribution in [3.63, 3.8) is 0 Å². The van der Waals surface area contributed by atoms with Gasteiger partial charge in [0.2, 0.25) is 0 Å². The summed E-state index contributed by atoms with van der Waals surface area (Å²) in [5.74, 6) is -3.68. The first-order chi connectivity index (χ1) is 14.1. The van der Waals surface area contributed by atoms with Gasteiger partial charge in [0.15, 0.2) is 10.9 Å². The van der Waals surface area contributed by atoms with Gasteiger partial charge >= 0.3 is 17.8 Å². The van der Waals surface area contributed by atoms with Gasteiger partial charge in [-0.2, -0.15) is 13.2 Å². The van der Waals surface area contributed by atoms with Crippen LogP contribution in [-0.4, -0.2) is 40.7 Å². The highest BCUT2D eigenvalue weighted by Gasteiger charge is 2.64. The predicted molar refractivity (Wildman–Crippen MR) is 96.9 cm³/mol. The summed E-state index contributed by atoms with van der Waals surface area (Å²) >= 11 is 0.615. The van der Waals surface area contributed by atoms with Crippen LogP contribution in [0, 0.1) is 10.1 Å². The molecule has 0 fully saturated rings. The van der Waals surface area contributed by atoms with Gasteiger partial charge in [-0.25, -0.2) is 9.78 Å². The first kappa shape index (κ1) is 21.0. The first-order valence-corrected chi connectivity index (χ1v) is 8.73. The molecule has 10 nitrogen and oxygen atoms in total. The minimum Gasteiger partial charge on any atom is -0.466 e. The van der Waals surface area contributed by atoms with Crippen LogP contribution < -0.4 is 10.6 Å². The highest BCUT2D eigenvalue weighted by atomic mass is 32.1. The summed E-state index contributed by atoms with van der Waals surface area (Å²) in [6, 6.07) is 5.86. The van der Waals surface area contributed by atoms with Crippen LogP contribution in [0.25, 0.3) is 10.2 Å². The Hall–Kier alpha value is -3.68. The number of furan rings is 1. The third kappa shape index (κ3) is 3.76. The molecule has 3 aromatic rings. The molecule has 2 aromatic heterocycles. The van der Waals surface area contributed by atoms with Crippen LogP contribution >= 0.6 is 11.3 Å². The number of anilines is 1. The van der Waals surface area contributed by atoms with E-state index < -0.39 is 39.5 Å². The Kier molecular flexibility index (Phi) is 5.35. The lowest BCUT2D eigenvalue weighted by Crippen LogP contribution is -2.69. The number of hydrogen-bond acceptors (Lipinski definition) is 9. The van der Waals surface area contributed by atoms with E-state index in [4.69, 9.17) is 4.42 Å². The molecular weight excluding hydrogens is 433 g/mol. The van der Waals surface area contributed by atoms with Gasteiger partial charge in [0, 0.05) is 12.1 Å². The molecule has 1 aromatic carbocycles. The zero-order valence-corrected chi connectivity index (χ0v) is 15.7. The number of methoxy groups -OCH3 is 1. The van der Waals surface area contributed by atoms with Crippen molar-refractivity contribution >= 4 is 44.2 Å². The number of esters is 1. The zero-order valence-electron chi connectivity index (χ0n) is 14.9. The molecule has 0 spiro atoms. The molecule has 2 heterocycles. The molecule has 2 N–H and O–H groups in total. The molecule has 0 aliphatic rings. The van der Waals surface area contributed by atoms with E-state index in [1.54, 1.807) is 5.32 Å². The van der Waals surface area contributed by atoms with Crippen molar-refractivity contribution in [3.05, 3.63) is 52.5 Å². The number of hydrogen-bond donors (Lipinski definition) is 2. The fraction of sp³-hybridized carbons (Fsp3) is 0.188. The van der Waals surface area contributed by atoms with Crippen molar-refractivity contribution in [1.82, 2.24) is 10.3 Å². The molecule has 0 aliphatic heterocycles. The van der Waals surface area contributed by atoms with Gasteiger partial charge in [-0.3, -0.25) is 14.9 Å². The monoisotopic (exact) mass is 444 g/mol. The van der Waals surface area contributed by atoms with E-state index >= 15 is 0 Å². The third-order valence-electron chi connectivity index (χ3n) is 3.84. The zero-order chi connectivity index (χ0) is 22.1. The number of nitro groups is 1.